The standard InChI is InChI=1S/C21H24O5/c1-21(2)10-9-15-18(26-21)8-7-13(20(15)25-4)5-6-14-11-19(24-3)17(23)12-16(14)22/h5-8,11-12,22-23H,9-10H2,1-4H3/b6-5+. The lowest BCUT2D eigenvalue weighted by molar-refractivity contribution is 0.0836. The van der Waals surface area contributed by atoms with Crippen molar-refractivity contribution in [1.29, 1.82) is 0 Å². The first-order valence-electron chi connectivity index (χ1n) is 8.51. The highest BCUT2D eigenvalue weighted by Crippen LogP contribution is 2.41. The van der Waals surface area contributed by atoms with Gasteiger partial charge in [-0.3, -0.25) is 0 Å². The van der Waals surface area contributed by atoms with Crippen LogP contribution in [0.1, 0.15) is 37.0 Å². The number of rotatable bonds is 4. The van der Waals surface area contributed by atoms with E-state index >= 15 is 0 Å². The minimum Gasteiger partial charge on any atom is -0.507 e. The summed E-state index contributed by atoms with van der Waals surface area (Å²) in [7, 11) is 3.11. The van der Waals surface area contributed by atoms with E-state index in [1.165, 1.54) is 13.2 Å². The highest BCUT2D eigenvalue weighted by Gasteiger charge is 2.29. The van der Waals surface area contributed by atoms with Crippen LogP contribution < -0.4 is 14.2 Å². The van der Waals surface area contributed by atoms with Crippen LogP contribution in [0.3, 0.4) is 0 Å². The van der Waals surface area contributed by atoms with E-state index < -0.39 is 0 Å². The largest absolute Gasteiger partial charge is 0.507 e. The van der Waals surface area contributed by atoms with Crippen molar-refractivity contribution in [3.05, 3.63) is 41.0 Å². The highest BCUT2D eigenvalue weighted by atomic mass is 16.5. The van der Waals surface area contributed by atoms with Gasteiger partial charge in [0, 0.05) is 22.8 Å². The van der Waals surface area contributed by atoms with Crippen molar-refractivity contribution in [2.24, 2.45) is 0 Å². The van der Waals surface area contributed by atoms with E-state index in [4.69, 9.17) is 14.2 Å². The molecule has 0 radical (unpaired) electrons. The van der Waals surface area contributed by atoms with Gasteiger partial charge in [-0.25, -0.2) is 0 Å². The number of aromatic hydroxyl groups is 2. The van der Waals surface area contributed by atoms with Crippen molar-refractivity contribution in [3.63, 3.8) is 0 Å². The van der Waals surface area contributed by atoms with Crippen LogP contribution in [0.25, 0.3) is 12.2 Å². The van der Waals surface area contributed by atoms with E-state index in [9.17, 15) is 10.2 Å². The average molecular weight is 356 g/mol. The minimum atomic E-state index is -0.177. The Morgan fingerprint density at radius 1 is 1.00 bits per heavy atom. The Labute approximate surface area is 153 Å². The van der Waals surface area contributed by atoms with E-state index in [-0.39, 0.29) is 17.1 Å². The summed E-state index contributed by atoms with van der Waals surface area (Å²) in [6, 6.07) is 6.73. The first-order valence-corrected chi connectivity index (χ1v) is 8.51. The summed E-state index contributed by atoms with van der Waals surface area (Å²) in [5.41, 5.74) is 2.31. The molecule has 5 heteroatoms. The zero-order chi connectivity index (χ0) is 18.9. The maximum Gasteiger partial charge on any atom is 0.161 e. The molecule has 2 aromatic carbocycles. The maximum absolute atomic E-state index is 10.0. The molecule has 0 aliphatic carbocycles. The molecular weight excluding hydrogens is 332 g/mol. The van der Waals surface area contributed by atoms with Crippen LogP contribution in [0.5, 0.6) is 28.7 Å². The number of methoxy groups -OCH3 is 2. The van der Waals surface area contributed by atoms with Crippen molar-refractivity contribution in [3.8, 4) is 28.7 Å². The van der Waals surface area contributed by atoms with Gasteiger partial charge in [-0.2, -0.15) is 0 Å². The summed E-state index contributed by atoms with van der Waals surface area (Å²) in [5, 5.41) is 19.8. The second-order valence-electron chi connectivity index (χ2n) is 6.94. The number of fused-ring (bicyclic) bond motifs is 1. The molecule has 26 heavy (non-hydrogen) atoms. The lowest BCUT2D eigenvalue weighted by atomic mass is 9.92. The topological polar surface area (TPSA) is 68.2 Å². The molecule has 0 unspecified atom stereocenters. The fraction of sp³-hybridized carbons (Fsp3) is 0.333. The normalized spacial score (nSPS) is 15.4. The van der Waals surface area contributed by atoms with Crippen molar-refractivity contribution < 1.29 is 24.4 Å². The molecule has 0 fully saturated rings. The van der Waals surface area contributed by atoms with Gasteiger partial charge in [0.25, 0.3) is 0 Å². The second kappa shape index (κ2) is 6.83. The average Bonchev–Trinajstić information content (AvgIpc) is 2.59. The number of phenols is 2. The Morgan fingerprint density at radius 2 is 1.73 bits per heavy atom. The summed E-state index contributed by atoms with van der Waals surface area (Å²) in [4.78, 5) is 0. The fourth-order valence-electron chi connectivity index (χ4n) is 3.16. The van der Waals surface area contributed by atoms with E-state index in [2.05, 4.69) is 13.8 Å². The number of hydrogen-bond acceptors (Lipinski definition) is 5. The van der Waals surface area contributed by atoms with Crippen LogP contribution in [-0.2, 0) is 6.42 Å². The molecule has 1 heterocycles. The number of ether oxygens (including phenoxy) is 3. The SMILES string of the molecule is COc1cc(/C=C/c2ccc3c(c2OC)CCC(C)(C)O3)c(O)cc1O. The predicted molar refractivity (Wildman–Crippen MR) is 101 cm³/mol. The summed E-state index contributed by atoms with van der Waals surface area (Å²) in [5.74, 6) is 1.80. The molecule has 138 valence electrons. The Morgan fingerprint density at radius 3 is 2.42 bits per heavy atom. The quantitative estimate of drug-likeness (QED) is 0.795. The molecule has 3 rings (SSSR count). The van der Waals surface area contributed by atoms with Gasteiger partial charge in [0.2, 0.25) is 0 Å². The first kappa shape index (κ1) is 18.0. The molecule has 2 N–H and O–H groups in total. The highest BCUT2D eigenvalue weighted by molar-refractivity contribution is 5.77. The fourth-order valence-corrected chi connectivity index (χ4v) is 3.16. The molecule has 1 aliphatic heterocycles. The molecule has 1 aliphatic rings. The molecule has 0 atom stereocenters. The number of benzene rings is 2. The summed E-state index contributed by atoms with van der Waals surface area (Å²) in [6.45, 7) is 4.16. The molecule has 5 nitrogen and oxygen atoms in total. The van der Waals surface area contributed by atoms with E-state index in [1.807, 2.05) is 18.2 Å². The van der Waals surface area contributed by atoms with E-state index in [1.54, 1.807) is 19.3 Å². The smallest absolute Gasteiger partial charge is 0.161 e. The van der Waals surface area contributed by atoms with Crippen LogP contribution in [-0.4, -0.2) is 30.0 Å². The Bertz CT molecular complexity index is 852. The molecule has 2 aromatic rings. The third kappa shape index (κ3) is 3.43. The second-order valence-corrected chi connectivity index (χ2v) is 6.94. The third-order valence-electron chi connectivity index (χ3n) is 4.59. The number of phenolic OH excluding ortho intramolecular Hbond substituents is 2. The summed E-state index contributed by atoms with van der Waals surface area (Å²) >= 11 is 0. The van der Waals surface area contributed by atoms with Gasteiger partial charge in [0.15, 0.2) is 11.5 Å². The van der Waals surface area contributed by atoms with Gasteiger partial charge in [0.1, 0.15) is 22.8 Å². The molecule has 0 saturated carbocycles. The van der Waals surface area contributed by atoms with Crippen LogP contribution in [0.15, 0.2) is 24.3 Å². The van der Waals surface area contributed by atoms with Gasteiger partial charge in [-0.1, -0.05) is 12.2 Å². The molecular formula is C21H24O5. The lowest BCUT2D eigenvalue weighted by Crippen LogP contribution is -2.32. The molecule has 0 amide bonds. The Hall–Kier alpha value is -2.82. The Balaban J connectivity index is 1.97. The molecule has 0 aromatic heterocycles. The van der Waals surface area contributed by atoms with Crippen LogP contribution in [0.4, 0.5) is 0 Å². The summed E-state index contributed by atoms with van der Waals surface area (Å²) < 4.78 is 16.8. The van der Waals surface area contributed by atoms with Crippen LogP contribution >= 0.6 is 0 Å². The first-order chi connectivity index (χ1) is 12.3. The van der Waals surface area contributed by atoms with Crippen LogP contribution in [0.2, 0.25) is 0 Å². The van der Waals surface area contributed by atoms with Gasteiger partial charge in [0.05, 0.1) is 14.2 Å². The summed E-state index contributed by atoms with van der Waals surface area (Å²) in [6.07, 6.45) is 5.42. The monoisotopic (exact) mass is 356 g/mol. The van der Waals surface area contributed by atoms with Gasteiger partial charge < -0.3 is 24.4 Å². The third-order valence-corrected chi connectivity index (χ3v) is 4.59. The maximum atomic E-state index is 10.0. The van der Waals surface area contributed by atoms with Crippen molar-refractivity contribution in [1.82, 2.24) is 0 Å². The van der Waals surface area contributed by atoms with Crippen molar-refractivity contribution in [2.75, 3.05) is 14.2 Å². The molecule has 0 bridgehead atoms. The van der Waals surface area contributed by atoms with Gasteiger partial charge >= 0.3 is 0 Å². The van der Waals surface area contributed by atoms with Crippen LogP contribution in [0, 0.1) is 0 Å². The van der Waals surface area contributed by atoms with Crippen molar-refractivity contribution in [2.45, 2.75) is 32.3 Å². The lowest BCUT2D eigenvalue weighted by Gasteiger charge is -2.33. The van der Waals surface area contributed by atoms with Crippen molar-refractivity contribution >= 4 is 12.2 Å². The zero-order valence-corrected chi connectivity index (χ0v) is 15.5. The predicted octanol–water partition coefficient (Wildman–Crippen LogP) is 4.39. The van der Waals surface area contributed by atoms with E-state index in [0.29, 0.717) is 11.3 Å². The van der Waals surface area contributed by atoms with Gasteiger partial charge in [-0.15, -0.1) is 0 Å². The number of hydrogen-bond donors (Lipinski definition) is 2. The zero-order valence-electron chi connectivity index (χ0n) is 15.5. The minimum absolute atomic E-state index is 0.0263. The Kier molecular flexibility index (Phi) is 4.72. The van der Waals surface area contributed by atoms with Gasteiger partial charge in [-0.05, 0) is 44.9 Å². The molecule has 0 saturated heterocycles. The van der Waals surface area contributed by atoms with E-state index in [0.717, 1.165) is 35.5 Å². The molecule has 0 spiro atoms.